The number of rotatable bonds is 4. The number of benzene rings is 2. The van der Waals surface area contributed by atoms with Crippen molar-refractivity contribution in [2.75, 3.05) is 11.4 Å². The van der Waals surface area contributed by atoms with Crippen molar-refractivity contribution in [3.8, 4) is 0 Å². The molecule has 2 unspecified atom stereocenters. The number of carbonyl (C=O) groups excluding carboxylic acids is 3. The molecular formula is C23H16ClN3O5. The Morgan fingerprint density at radius 3 is 2.69 bits per heavy atom. The summed E-state index contributed by atoms with van der Waals surface area (Å²) in [5.74, 6) is -3.31. The number of carboxylic acid groups (broad SMARTS) is 1. The molecule has 2 atom stereocenters. The lowest BCUT2D eigenvalue weighted by atomic mass is 9.79. The molecule has 8 nitrogen and oxygen atoms in total. The summed E-state index contributed by atoms with van der Waals surface area (Å²) in [6.07, 6.45) is 1.28. The van der Waals surface area contributed by atoms with Gasteiger partial charge in [-0.15, -0.1) is 11.6 Å². The molecule has 1 aromatic heterocycles. The van der Waals surface area contributed by atoms with Crippen LogP contribution in [0.5, 0.6) is 0 Å². The number of imide groups is 1. The van der Waals surface area contributed by atoms with Gasteiger partial charge in [-0.05, 0) is 23.1 Å². The number of nitrogens with one attached hydrogen (secondary N) is 1. The third-order valence-corrected chi connectivity index (χ3v) is 6.44. The molecule has 3 aromatic rings. The second-order valence-corrected chi connectivity index (χ2v) is 8.24. The van der Waals surface area contributed by atoms with Gasteiger partial charge < -0.3 is 5.11 Å². The summed E-state index contributed by atoms with van der Waals surface area (Å²) in [5, 5.41) is 12.6. The van der Waals surface area contributed by atoms with Gasteiger partial charge in [0, 0.05) is 22.8 Å². The van der Waals surface area contributed by atoms with Crippen LogP contribution >= 0.6 is 11.6 Å². The molecular weight excluding hydrogens is 434 g/mol. The highest BCUT2D eigenvalue weighted by Crippen LogP contribution is 2.48. The van der Waals surface area contributed by atoms with Crippen LogP contribution in [0, 0.1) is 0 Å². The number of halogens is 1. The molecule has 3 amide bonds. The van der Waals surface area contributed by atoms with Crippen molar-refractivity contribution in [3.63, 3.8) is 0 Å². The van der Waals surface area contributed by atoms with E-state index in [1.807, 2.05) is 30.3 Å². The number of pyridine rings is 1. The predicted molar refractivity (Wildman–Crippen MR) is 115 cm³/mol. The van der Waals surface area contributed by atoms with Crippen LogP contribution in [0.2, 0.25) is 0 Å². The van der Waals surface area contributed by atoms with Gasteiger partial charge in [-0.25, -0.2) is 0 Å². The molecule has 0 saturated carbocycles. The number of fused-ring (bicyclic) bond motifs is 3. The minimum Gasteiger partial charge on any atom is -0.480 e. The lowest BCUT2D eigenvalue weighted by molar-refractivity contribution is -0.138. The van der Waals surface area contributed by atoms with E-state index in [4.69, 9.17) is 11.6 Å². The molecule has 9 heteroatoms. The van der Waals surface area contributed by atoms with Gasteiger partial charge >= 0.3 is 5.97 Å². The fourth-order valence-electron chi connectivity index (χ4n) is 4.53. The van der Waals surface area contributed by atoms with Gasteiger partial charge in [0.1, 0.15) is 11.9 Å². The number of amides is 3. The van der Waals surface area contributed by atoms with Crippen molar-refractivity contribution in [1.82, 2.24) is 10.3 Å². The summed E-state index contributed by atoms with van der Waals surface area (Å²) < 4.78 is 0. The van der Waals surface area contributed by atoms with E-state index in [2.05, 4.69) is 10.3 Å². The van der Waals surface area contributed by atoms with Gasteiger partial charge in [0.2, 0.25) is 17.7 Å². The molecule has 0 radical (unpaired) electrons. The highest BCUT2D eigenvalue weighted by atomic mass is 35.5. The van der Waals surface area contributed by atoms with Crippen molar-refractivity contribution in [3.05, 3.63) is 71.5 Å². The standard InChI is InChI=1S/C23H16ClN3O5/c24-19(20-14-4-2-1-3-12(14)7-8-25-20)13-5-6-16-15(9-13)23(10-17(28)26-21(23)31)22(32)27(16)11-18(29)30/h1-9,19H,10-11H2,(H,29,30)(H,26,28,31). The summed E-state index contributed by atoms with van der Waals surface area (Å²) >= 11 is 6.81. The molecule has 1 saturated heterocycles. The maximum atomic E-state index is 13.2. The van der Waals surface area contributed by atoms with Gasteiger partial charge in [-0.2, -0.15) is 0 Å². The molecule has 5 rings (SSSR count). The number of nitrogens with zero attached hydrogens (tertiary/aromatic N) is 2. The van der Waals surface area contributed by atoms with Crippen molar-refractivity contribution in [2.45, 2.75) is 17.2 Å². The summed E-state index contributed by atoms with van der Waals surface area (Å²) in [6, 6.07) is 14.4. The molecule has 2 N–H and O–H groups in total. The Morgan fingerprint density at radius 1 is 1.19 bits per heavy atom. The minimum absolute atomic E-state index is 0.274. The largest absolute Gasteiger partial charge is 0.480 e. The second kappa shape index (κ2) is 7.13. The van der Waals surface area contributed by atoms with Crippen LogP contribution in [-0.2, 0) is 24.6 Å². The van der Waals surface area contributed by atoms with Crippen molar-refractivity contribution < 1.29 is 24.3 Å². The van der Waals surface area contributed by atoms with Crippen LogP contribution in [-0.4, -0.2) is 40.3 Å². The summed E-state index contributed by atoms with van der Waals surface area (Å²) in [7, 11) is 0. The number of carboxylic acids is 1. The summed E-state index contributed by atoms with van der Waals surface area (Å²) in [5.41, 5.74) is -0.0554. The zero-order valence-electron chi connectivity index (χ0n) is 16.5. The van der Waals surface area contributed by atoms with Crippen LogP contribution in [0.25, 0.3) is 10.8 Å². The summed E-state index contributed by atoms with van der Waals surface area (Å²) in [6.45, 7) is -0.621. The maximum Gasteiger partial charge on any atom is 0.323 e. The molecule has 2 aromatic carbocycles. The number of aliphatic carboxylic acids is 1. The molecule has 1 fully saturated rings. The quantitative estimate of drug-likeness (QED) is 0.358. The first-order chi connectivity index (χ1) is 15.3. The van der Waals surface area contributed by atoms with Crippen molar-refractivity contribution in [2.24, 2.45) is 0 Å². The van der Waals surface area contributed by atoms with E-state index in [1.54, 1.807) is 24.4 Å². The monoisotopic (exact) mass is 449 g/mol. The second-order valence-electron chi connectivity index (χ2n) is 7.80. The SMILES string of the molecule is O=C(O)CN1C(=O)C2(CC(=O)NC2=O)c2cc(C(Cl)c3nccc4ccccc34)ccc21. The molecule has 2 aliphatic rings. The number of alkyl halides is 1. The van der Waals surface area contributed by atoms with E-state index in [1.165, 1.54) is 0 Å². The first-order valence-electron chi connectivity index (χ1n) is 9.83. The van der Waals surface area contributed by atoms with Crippen LogP contribution in [0.15, 0.2) is 54.7 Å². The lowest BCUT2D eigenvalue weighted by Crippen LogP contribution is -2.46. The third-order valence-electron chi connectivity index (χ3n) is 5.98. The van der Waals surface area contributed by atoms with E-state index in [0.29, 0.717) is 11.3 Å². The minimum atomic E-state index is -1.79. The number of hydrogen-bond donors (Lipinski definition) is 2. The lowest BCUT2D eigenvalue weighted by Gasteiger charge is -2.19. The molecule has 1 spiro atoms. The van der Waals surface area contributed by atoms with Gasteiger partial charge in [-0.1, -0.05) is 36.4 Å². The topological polar surface area (TPSA) is 117 Å². The average molecular weight is 450 g/mol. The Balaban J connectivity index is 1.66. The summed E-state index contributed by atoms with van der Waals surface area (Å²) in [4.78, 5) is 54.8. The van der Waals surface area contributed by atoms with Crippen molar-refractivity contribution >= 4 is 51.8 Å². The molecule has 0 aliphatic carbocycles. The first-order valence-corrected chi connectivity index (χ1v) is 10.3. The number of anilines is 1. The van der Waals surface area contributed by atoms with E-state index in [9.17, 15) is 24.3 Å². The average Bonchev–Trinajstić information content (AvgIpc) is 3.20. The van der Waals surface area contributed by atoms with E-state index in [-0.39, 0.29) is 17.7 Å². The molecule has 32 heavy (non-hydrogen) atoms. The normalized spacial score (nSPS) is 20.7. The Kier molecular flexibility index (Phi) is 4.49. The van der Waals surface area contributed by atoms with E-state index in [0.717, 1.165) is 15.7 Å². The van der Waals surface area contributed by atoms with Gasteiger partial charge in [0.05, 0.1) is 12.1 Å². The number of carbonyl (C=O) groups is 4. The zero-order chi connectivity index (χ0) is 22.6. The zero-order valence-corrected chi connectivity index (χ0v) is 17.3. The number of aromatic nitrogens is 1. The van der Waals surface area contributed by atoms with E-state index < -0.39 is 41.0 Å². The Hall–Kier alpha value is -3.78. The van der Waals surface area contributed by atoms with Crippen LogP contribution in [0.4, 0.5) is 5.69 Å². The molecule has 2 aliphatic heterocycles. The van der Waals surface area contributed by atoms with Crippen LogP contribution < -0.4 is 10.2 Å². The highest BCUT2D eigenvalue weighted by Gasteiger charge is 2.61. The highest BCUT2D eigenvalue weighted by molar-refractivity contribution is 6.29. The Bertz CT molecular complexity index is 1330. The third kappa shape index (κ3) is 2.80. The fourth-order valence-corrected chi connectivity index (χ4v) is 4.84. The molecule has 3 heterocycles. The molecule has 0 bridgehead atoms. The predicted octanol–water partition coefficient (Wildman–Crippen LogP) is 2.28. The van der Waals surface area contributed by atoms with Gasteiger partial charge in [-0.3, -0.25) is 34.4 Å². The molecule has 160 valence electrons. The fraction of sp³-hybridized carbons (Fsp3) is 0.174. The Morgan fingerprint density at radius 2 is 1.97 bits per heavy atom. The maximum absolute atomic E-state index is 13.2. The van der Waals surface area contributed by atoms with Crippen LogP contribution in [0.3, 0.4) is 0 Å². The van der Waals surface area contributed by atoms with E-state index >= 15 is 0 Å². The number of hydrogen-bond acceptors (Lipinski definition) is 5. The Labute approximate surface area is 186 Å². The van der Waals surface area contributed by atoms with Crippen molar-refractivity contribution in [1.29, 1.82) is 0 Å². The van der Waals surface area contributed by atoms with Gasteiger partial charge in [0.15, 0.2) is 5.41 Å². The smallest absolute Gasteiger partial charge is 0.323 e. The first kappa shape index (κ1) is 20.1. The van der Waals surface area contributed by atoms with Crippen LogP contribution in [0.1, 0.15) is 28.6 Å². The van der Waals surface area contributed by atoms with Gasteiger partial charge in [0.25, 0.3) is 0 Å².